The van der Waals surface area contributed by atoms with Gasteiger partial charge in [-0.05, 0) is 53.4 Å². The molecule has 0 atom stereocenters. The second-order valence-electron chi connectivity index (χ2n) is 12.4. The summed E-state index contributed by atoms with van der Waals surface area (Å²) in [6, 6.07) is 23.1. The molecule has 0 aromatic heterocycles. The Balaban J connectivity index is 0.000000202. The highest BCUT2D eigenvalue weighted by Gasteiger charge is 2.48. The van der Waals surface area contributed by atoms with Crippen molar-refractivity contribution in [1.29, 1.82) is 0 Å². The molecule has 0 radical (unpaired) electrons. The van der Waals surface area contributed by atoms with Gasteiger partial charge in [-0.2, -0.15) is 26.3 Å². The summed E-state index contributed by atoms with van der Waals surface area (Å²) in [5.74, 6) is -3.94. The van der Waals surface area contributed by atoms with Gasteiger partial charge in [0.1, 0.15) is 11.1 Å². The molecular formula is C38H32F6N2O6. The van der Waals surface area contributed by atoms with Crippen LogP contribution in [0.5, 0.6) is 0 Å². The van der Waals surface area contributed by atoms with E-state index in [1.165, 1.54) is 24.3 Å². The van der Waals surface area contributed by atoms with Gasteiger partial charge in [-0.1, -0.05) is 72.8 Å². The maximum absolute atomic E-state index is 13.2. The van der Waals surface area contributed by atoms with E-state index in [0.29, 0.717) is 0 Å². The van der Waals surface area contributed by atoms with Crippen LogP contribution in [-0.2, 0) is 52.4 Å². The van der Waals surface area contributed by atoms with Crippen LogP contribution < -0.4 is 10.6 Å². The van der Waals surface area contributed by atoms with Gasteiger partial charge in [0.15, 0.2) is 0 Å². The fourth-order valence-electron chi connectivity index (χ4n) is 6.50. The van der Waals surface area contributed by atoms with E-state index in [0.717, 1.165) is 46.5 Å². The first-order valence-electron chi connectivity index (χ1n) is 16.0. The third-order valence-electron chi connectivity index (χ3n) is 8.94. The summed E-state index contributed by atoms with van der Waals surface area (Å²) in [5, 5.41) is 14.5. The molecule has 0 fully saturated rings. The van der Waals surface area contributed by atoms with Gasteiger partial charge in [-0.15, -0.1) is 0 Å². The minimum Gasteiger partial charge on any atom is -0.479 e. The molecule has 52 heavy (non-hydrogen) atoms. The molecule has 0 heterocycles. The molecule has 14 heteroatoms. The molecule has 4 aromatic rings. The fourth-order valence-corrected chi connectivity index (χ4v) is 6.50. The number of nitrogens with one attached hydrogen (secondary N) is 2. The largest absolute Gasteiger partial charge is 0.479 e. The lowest BCUT2D eigenvalue weighted by atomic mass is 9.94. The summed E-state index contributed by atoms with van der Waals surface area (Å²) in [4.78, 5) is 49.6. The summed E-state index contributed by atoms with van der Waals surface area (Å²) in [6.45, 7) is 1.74. The molecule has 0 unspecified atom stereocenters. The quantitative estimate of drug-likeness (QED) is 0.146. The number of halogens is 6. The molecule has 0 bridgehead atoms. The molecule has 3 N–H and O–H groups in total. The number of benzene rings is 4. The van der Waals surface area contributed by atoms with E-state index in [-0.39, 0.29) is 32.3 Å². The predicted molar refractivity (Wildman–Crippen MR) is 175 cm³/mol. The SMILES string of the molecule is CCOC(=O)C1(NC(=O)c2ccccc2C(F)(F)F)Cc2ccccc2C1.O=C(NC1(C(=O)O)Cc2ccccc2C1)c1ccccc1C(F)(F)F. The average molecular weight is 727 g/mol. The summed E-state index contributed by atoms with van der Waals surface area (Å²) in [6.07, 6.45) is -8.99. The monoisotopic (exact) mass is 726 g/mol. The van der Waals surface area contributed by atoms with E-state index in [9.17, 15) is 50.6 Å². The normalized spacial score (nSPS) is 15.3. The van der Waals surface area contributed by atoms with Gasteiger partial charge in [0.2, 0.25) is 0 Å². The number of aliphatic carboxylic acids is 1. The topological polar surface area (TPSA) is 122 Å². The van der Waals surface area contributed by atoms with Gasteiger partial charge >= 0.3 is 24.3 Å². The van der Waals surface area contributed by atoms with Gasteiger partial charge in [0.25, 0.3) is 11.8 Å². The van der Waals surface area contributed by atoms with Crippen molar-refractivity contribution in [2.45, 2.75) is 56.0 Å². The zero-order chi connectivity index (χ0) is 37.9. The minimum atomic E-state index is -4.71. The Bertz CT molecular complexity index is 1960. The van der Waals surface area contributed by atoms with Crippen molar-refractivity contribution < 1.29 is 55.4 Å². The standard InChI is InChI=1S/C20H18F3NO3.C18H14F3NO3/c1-2-27-18(26)19(11-13-7-3-4-8-14(13)12-19)24-17(25)15-9-5-6-10-16(15)20(21,22)23;19-18(20,21)14-8-4-3-7-13(14)15(23)22-17(16(24)25)9-11-5-1-2-6-12(11)10-17/h3-10H,2,11-12H2,1H3,(H,24,25);1-8H,9-10H2,(H,22,23)(H,24,25). The van der Waals surface area contributed by atoms with Crippen LogP contribution in [-0.4, -0.2) is 46.5 Å². The average Bonchev–Trinajstić information content (AvgIpc) is 3.67. The highest BCUT2D eigenvalue weighted by Crippen LogP contribution is 2.36. The number of carboxylic acids is 1. The lowest BCUT2D eigenvalue weighted by Crippen LogP contribution is -2.56. The third kappa shape index (κ3) is 7.80. The number of carbonyl (C=O) groups excluding carboxylic acids is 3. The molecule has 2 aliphatic carbocycles. The molecule has 0 spiro atoms. The molecule has 4 aromatic carbocycles. The van der Waals surface area contributed by atoms with E-state index in [2.05, 4.69) is 10.6 Å². The first-order chi connectivity index (χ1) is 24.5. The number of rotatable bonds is 7. The van der Waals surface area contributed by atoms with Crippen LogP contribution in [0, 0.1) is 0 Å². The maximum atomic E-state index is 13.2. The Labute approximate surface area is 293 Å². The zero-order valence-corrected chi connectivity index (χ0v) is 27.5. The molecule has 272 valence electrons. The number of esters is 1. The van der Waals surface area contributed by atoms with Crippen LogP contribution in [0.15, 0.2) is 97.1 Å². The summed E-state index contributed by atoms with van der Waals surface area (Å²) in [7, 11) is 0. The second kappa shape index (κ2) is 14.5. The number of hydrogen-bond acceptors (Lipinski definition) is 5. The first-order valence-corrected chi connectivity index (χ1v) is 16.0. The van der Waals surface area contributed by atoms with Crippen LogP contribution in [0.25, 0.3) is 0 Å². The number of hydrogen-bond donors (Lipinski definition) is 3. The Kier molecular flexibility index (Phi) is 10.5. The van der Waals surface area contributed by atoms with Crippen LogP contribution in [0.4, 0.5) is 26.3 Å². The number of ether oxygens (including phenoxy) is 1. The Morgan fingerprint density at radius 2 is 0.923 bits per heavy atom. The van der Waals surface area contributed by atoms with Gasteiger partial charge in [0, 0.05) is 25.7 Å². The molecule has 0 saturated heterocycles. The van der Waals surface area contributed by atoms with Crippen molar-refractivity contribution in [3.63, 3.8) is 0 Å². The number of amides is 2. The molecule has 0 saturated carbocycles. The lowest BCUT2D eigenvalue weighted by Gasteiger charge is -2.28. The van der Waals surface area contributed by atoms with Crippen molar-refractivity contribution in [3.05, 3.63) is 142 Å². The number of carbonyl (C=O) groups is 4. The fraction of sp³-hybridized carbons (Fsp3) is 0.263. The van der Waals surface area contributed by atoms with E-state index in [1.54, 1.807) is 43.3 Å². The Hall–Kier alpha value is -5.66. The van der Waals surface area contributed by atoms with E-state index < -0.39 is 69.4 Å². The number of fused-ring (bicyclic) bond motifs is 2. The van der Waals surface area contributed by atoms with Crippen molar-refractivity contribution in [3.8, 4) is 0 Å². The second-order valence-corrected chi connectivity index (χ2v) is 12.4. The van der Waals surface area contributed by atoms with Crippen molar-refractivity contribution in [2.75, 3.05) is 6.61 Å². The van der Waals surface area contributed by atoms with Crippen LogP contribution in [0.2, 0.25) is 0 Å². The molecular weight excluding hydrogens is 694 g/mol. The number of alkyl halides is 6. The first kappa shape index (κ1) is 37.6. The molecule has 2 aliphatic rings. The maximum Gasteiger partial charge on any atom is 0.417 e. The van der Waals surface area contributed by atoms with E-state index >= 15 is 0 Å². The number of carboxylic acid groups (broad SMARTS) is 1. The van der Waals surface area contributed by atoms with Crippen LogP contribution in [0.1, 0.15) is 61.0 Å². The van der Waals surface area contributed by atoms with Crippen LogP contribution in [0.3, 0.4) is 0 Å². The smallest absolute Gasteiger partial charge is 0.417 e. The van der Waals surface area contributed by atoms with Crippen LogP contribution >= 0.6 is 0 Å². The Morgan fingerprint density at radius 1 is 0.596 bits per heavy atom. The predicted octanol–water partition coefficient (Wildman–Crippen LogP) is 6.59. The zero-order valence-electron chi connectivity index (χ0n) is 27.5. The highest BCUT2D eigenvalue weighted by atomic mass is 19.4. The van der Waals surface area contributed by atoms with Crippen molar-refractivity contribution in [1.82, 2.24) is 10.6 Å². The molecule has 8 nitrogen and oxygen atoms in total. The summed E-state index contributed by atoms with van der Waals surface area (Å²) >= 11 is 0. The minimum absolute atomic E-state index is 0.0262. The highest BCUT2D eigenvalue weighted by molar-refractivity contribution is 6.00. The molecule has 0 aliphatic heterocycles. The Morgan fingerprint density at radius 3 is 1.27 bits per heavy atom. The summed E-state index contributed by atoms with van der Waals surface area (Å²) in [5.41, 5.74) is -3.10. The van der Waals surface area contributed by atoms with Gasteiger partial charge in [0.05, 0.1) is 28.9 Å². The van der Waals surface area contributed by atoms with Crippen molar-refractivity contribution >= 4 is 23.8 Å². The van der Waals surface area contributed by atoms with Gasteiger partial charge in [-0.25, -0.2) is 9.59 Å². The van der Waals surface area contributed by atoms with Crippen molar-refractivity contribution in [2.24, 2.45) is 0 Å². The van der Waals surface area contributed by atoms with Gasteiger partial charge in [-0.3, -0.25) is 9.59 Å². The van der Waals surface area contributed by atoms with E-state index in [4.69, 9.17) is 4.74 Å². The third-order valence-corrected chi connectivity index (χ3v) is 8.94. The summed E-state index contributed by atoms with van der Waals surface area (Å²) < 4.78 is 84.1. The van der Waals surface area contributed by atoms with Gasteiger partial charge < -0.3 is 20.5 Å². The van der Waals surface area contributed by atoms with E-state index in [1.807, 2.05) is 12.1 Å². The molecule has 2 amide bonds. The lowest BCUT2D eigenvalue weighted by molar-refractivity contribution is -0.150. The molecule has 6 rings (SSSR count).